The minimum atomic E-state index is -0.696. The van der Waals surface area contributed by atoms with Gasteiger partial charge in [-0.2, -0.15) is 0 Å². The molecule has 31 heavy (non-hydrogen) atoms. The minimum absolute atomic E-state index is 0.0123. The maximum atomic E-state index is 12.2. The van der Waals surface area contributed by atoms with Crippen molar-refractivity contribution in [3.05, 3.63) is 22.9 Å². The smallest absolute Gasteiger partial charge is 0.343 e. The summed E-state index contributed by atoms with van der Waals surface area (Å²) in [6.07, 6.45) is 3.34. The minimum Gasteiger partial charge on any atom is -0.492 e. The summed E-state index contributed by atoms with van der Waals surface area (Å²) in [6, 6.07) is 0.383. The highest BCUT2D eigenvalue weighted by Gasteiger charge is 2.70. The molecule has 0 spiro atoms. The Morgan fingerprint density at radius 1 is 1.16 bits per heavy atom. The number of hydrogen-bond acceptors (Lipinski definition) is 8. The fraction of sp³-hybridized carbons (Fsp3) is 0.739. The molecule has 5 fully saturated rings. The first kappa shape index (κ1) is 19.6. The Bertz CT molecular complexity index is 925. The molecule has 6 rings (SSSR count). The second-order valence-corrected chi connectivity index (χ2v) is 9.87. The summed E-state index contributed by atoms with van der Waals surface area (Å²) in [5, 5.41) is 0. The Hall–Kier alpha value is -2.06. The summed E-state index contributed by atoms with van der Waals surface area (Å²) in [6.45, 7) is 6.73. The van der Waals surface area contributed by atoms with Gasteiger partial charge in [-0.3, -0.25) is 9.69 Å². The number of ether oxygens (including phenoxy) is 5. The molecule has 8 nitrogen and oxygen atoms in total. The summed E-state index contributed by atoms with van der Waals surface area (Å²) in [4.78, 5) is 26.7. The fourth-order valence-electron chi connectivity index (χ4n) is 6.91. The van der Waals surface area contributed by atoms with Crippen molar-refractivity contribution in [1.82, 2.24) is 4.90 Å². The van der Waals surface area contributed by atoms with Crippen molar-refractivity contribution in [3.63, 3.8) is 0 Å². The van der Waals surface area contributed by atoms with E-state index in [1.54, 1.807) is 14.0 Å². The van der Waals surface area contributed by atoms with Gasteiger partial charge in [-0.15, -0.1) is 0 Å². The lowest BCUT2D eigenvalue weighted by atomic mass is 9.82. The van der Waals surface area contributed by atoms with Crippen molar-refractivity contribution in [2.75, 3.05) is 13.7 Å². The highest BCUT2D eigenvalue weighted by atomic mass is 16.7. The van der Waals surface area contributed by atoms with Crippen LogP contribution in [0.15, 0.2) is 22.9 Å². The third-order valence-electron chi connectivity index (χ3n) is 8.23. The van der Waals surface area contributed by atoms with Crippen LogP contribution in [0.2, 0.25) is 0 Å². The van der Waals surface area contributed by atoms with Gasteiger partial charge in [-0.1, -0.05) is 13.8 Å². The second-order valence-electron chi connectivity index (χ2n) is 9.87. The topological polar surface area (TPSA) is 83.5 Å². The third-order valence-corrected chi connectivity index (χ3v) is 8.23. The van der Waals surface area contributed by atoms with Crippen molar-refractivity contribution in [2.24, 2.45) is 17.8 Å². The maximum Gasteiger partial charge on any atom is 0.343 e. The van der Waals surface area contributed by atoms with Crippen LogP contribution in [0, 0.1) is 17.8 Å². The summed E-state index contributed by atoms with van der Waals surface area (Å²) in [7, 11) is 1.54. The molecule has 0 aromatic heterocycles. The van der Waals surface area contributed by atoms with Crippen molar-refractivity contribution >= 4 is 11.9 Å². The van der Waals surface area contributed by atoms with Gasteiger partial charge in [0.1, 0.15) is 11.9 Å². The molecule has 6 aliphatic rings. The number of methoxy groups -OCH3 is 1. The first-order chi connectivity index (χ1) is 14.8. The average molecular weight is 431 g/mol. The summed E-state index contributed by atoms with van der Waals surface area (Å²) in [5.74, 6) is 0.408. The third kappa shape index (κ3) is 2.49. The number of allylic oxidation sites excluding steroid dienone is 1. The van der Waals surface area contributed by atoms with Gasteiger partial charge in [0.2, 0.25) is 11.5 Å². The van der Waals surface area contributed by atoms with Crippen LogP contribution in [-0.2, 0) is 33.3 Å². The zero-order valence-corrected chi connectivity index (χ0v) is 18.4. The van der Waals surface area contributed by atoms with E-state index in [0.29, 0.717) is 22.9 Å². The van der Waals surface area contributed by atoms with Crippen molar-refractivity contribution in [1.29, 1.82) is 0 Å². The van der Waals surface area contributed by atoms with Gasteiger partial charge in [0.25, 0.3) is 0 Å². The van der Waals surface area contributed by atoms with Crippen LogP contribution in [0.1, 0.15) is 46.5 Å². The molecule has 0 unspecified atom stereocenters. The number of carbonyl (C=O) groups is 2. The van der Waals surface area contributed by atoms with E-state index < -0.39 is 11.8 Å². The molecule has 0 N–H and O–H groups in total. The average Bonchev–Trinajstić information content (AvgIpc) is 3.44. The highest BCUT2D eigenvalue weighted by molar-refractivity contribution is 5.93. The van der Waals surface area contributed by atoms with Crippen LogP contribution in [0.4, 0.5) is 0 Å². The largest absolute Gasteiger partial charge is 0.492 e. The van der Waals surface area contributed by atoms with E-state index in [9.17, 15) is 9.59 Å². The van der Waals surface area contributed by atoms with Gasteiger partial charge in [0.15, 0.2) is 5.76 Å². The Balaban J connectivity index is 1.35. The van der Waals surface area contributed by atoms with E-state index >= 15 is 0 Å². The molecule has 0 saturated carbocycles. The summed E-state index contributed by atoms with van der Waals surface area (Å²) >= 11 is 0. The number of cyclic esters (lactones) is 2. The van der Waals surface area contributed by atoms with E-state index in [-0.39, 0.29) is 48.0 Å². The molecule has 168 valence electrons. The lowest BCUT2D eigenvalue weighted by Crippen LogP contribution is -2.47. The molecule has 8 heteroatoms. The number of hydrogen-bond donors (Lipinski definition) is 0. The molecule has 8 atom stereocenters. The summed E-state index contributed by atoms with van der Waals surface area (Å²) < 4.78 is 30.0. The van der Waals surface area contributed by atoms with E-state index in [1.807, 2.05) is 6.92 Å². The highest BCUT2D eigenvalue weighted by Crippen LogP contribution is 2.61. The van der Waals surface area contributed by atoms with Crippen molar-refractivity contribution in [3.8, 4) is 0 Å². The molecular formula is C23H29NO7. The van der Waals surface area contributed by atoms with Crippen molar-refractivity contribution < 1.29 is 33.3 Å². The first-order valence-corrected chi connectivity index (χ1v) is 11.4. The molecule has 0 radical (unpaired) electrons. The standard InChI is InChI=1S/C23H29NO7/c1-10-8-14(28-21(10)25)13-9-15-17-16-11(2)19(20-18(27-4)12(3)22(26)29-20)31-23(16,30-15)6-5-7-24(13)17/h10-11,13-17H,5-9H2,1-4H3/b20-19+/t10-,11-,13-,14-,15+,16+,17-,23+/m0/s1. The van der Waals surface area contributed by atoms with E-state index in [0.717, 1.165) is 32.2 Å². The van der Waals surface area contributed by atoms with Crippen LogP contribution in [-0.4, -0.2) is 60.6 Å². The predicted octanol–water partition coefficient (Wildman–Crippen LogP) is 2.24. The van der Waals surface area contributed by atoms with Crippen LogP contribution in [0.25, 0.3) is 0 Å². The molecule has 0 aliphatic carbocycles. The van der Waals surface area contributed by atoms with Gasteiger partial charge in [0.05, 0.1) is 30.6 Å². The van der Waals surface area contributed by atoms with Crippen LogP contribution >= 0.6 is 0 Å². The lowest BCUT2D eigenvalue weighted by molar-refractivity contribution is -0.206. The number of carbonyl (C=O) groups excluding carboxylic acids is 2. The zero-order valence-electron chi connectivity index (χ0n) is 18.4. The Labute approximate surface area is 181 Å². The molecule has 0 aromatic rings. The lowest BCUT2D eigenvalue weighted by Gasteiger charge is -2.33. The molecule has 6 heterocycles. The zero-order chi connectivity index (χ0) is 21.7. The van der Waals surface area contributed by atoms with E-state index in [2.05, 4.69) is 11.8 Å². The Morgan fingerprint density at radius 3 is 2.68 bits per heavy atom. The maximum absolute atomic E-state index is 12.2. The molecule has 2 bridgehead atoms. The molecule has 0 aromatic carbocycles. The fourth-order valence-corrected chi connectivity index (χ4v) is 6.91. The van der Waals surface area contributed by atoms with Gasteiger partial charge < -0.3 is 23.7 Å². The first-order valence-electron chi connectivity index (χ1n) is 11.4. The summed E-state index contributed by atoms with van der Waals surface area (Å²) in [5.41, 5.74) is 0.456. The number of nitrogens with zero attached hydrogens (tertiary/aromatic N) is 1. The van der Waals surface area contributed by atoms with Gasteiger partial charge >= 0.3 is 11.9 Å². The van der Waals surface area contributed by atoms with Crippen LogP contribution in [0.5, 0.6) is 0 Å². The number of esters is 2. The van der Waals surface area contributed by atoms with Gasteiger partial charge in [-0.05, 0) is 32.7 Å². The predicted molar refractivity (Wildman–Crippen MR) is 106 cm³/mol. The second kappa shape index (κ2) is 6.48. The monoisotopic (exact) mass is 431 g/mol. The molecule has 5 saturated heterocycles. The SMILES string of the molecule is COC1=C(C)C(=O)O/C1=C1/O[C@]23CCCN4[C@H]([C@H]2[C@@H]1C)[C@@H](C[C@H]4[C@@H]1C[C@H](C)C(=O)O1)O3. The van der Waals surface area contributed by atoms with Crippen LogP contribution in [0.3, 0.4) is 0 Å². The Kier molecular flexibility index (Phi) is 4.10. The Morgan fingerprint density at radius 2 is 1.97 bits per heavy atom. The van der Waals surface area contributed by atoms with Crippen LogP contribution < -0.4 is 0 Å². The number of rotatable bonds is 2. The molecule has 6 aliphatic heterocycles. The van der Waals surface area contributed by atoms with E-state index in [4.69, 9.17) is 23.7 Å². The molecule has 0 amide bonds. The van der Waals surface area contributed by atoms with E-state index in [1.165, 1.54) is 0 Å². The molecular weight excluding hydrogens is 402 g/mol. The van der Waals surface area contributed by atoms with Gasteiger partial charge in [-0.25, -0.2) is 4.79 Å². The van der Waals surface area contributed by atoms with Gasteiger partial charge in [0, 0.05) is 24.4 Å². The van der Waals surface area contributed by atoms with Crippen molar-refractivity contribution in [2.45, 2.75) is 76.5 Å². The quantitative estimate of drug-likeness (QED) is 0.616. The normalized spacial score (nSPS) is 48.6.